The number of hydrogen-bond acceptors (Lipinski definition) is 5. The minimum Gasteiger partial charge on any atom is -0.467 e. The molecule has 3 heterocycles. The van der Waals surface area contributed by atoms with Crippen LogP contribution in [0.15, 0.2) is 22.8 Å². The predicted molar refractivity (Wildman–Crippen MR) is 84.9 cm³/mol. The lowest BCUT2D eigenvalue weighted by atomic mass is 9.91. The number of urea groups is 1. The van der Waals surface area contributed by atoms with E-state index < -0.39 is 0 Å². The quantitative estimate of drug-likeness (QED) is 0.936. The summed E-state index contributed by atoms with van der Waals surface area (Å²) >= 11 is 1.42. The Labute approximate surface area is 133 Å². The molecule has 0 unspecified atom stereocenters. The van der Waals surface area contributed by atoms with Crippen LogP contribution >= 0.6 is 11.3 Å². The summed E-state index contributed by atoms with van der Waals surface area (Å²) in [5.41, 5.74) is 0. The predicted octanol–water partition coefficient (Wildman–Crippen LogP) is 3.70. The van der Waals surface area contributed by atoms with Crippen molar-refractivity contribution in [2.75, 3.05) is 11.9 Å². The fraction of sp³-hybridized carbons (Fsp3) is 0.533. The van der Waals surface area contributed by atoms with E-state index in [0.29, 0.717) is 11.0 Å². The molecule has 1 aliphatic rings. The van der Waals surface area contributed by atoms with Gasteiger partial charge in [-0.3, -0.25) is 5.32 Å². The van der Waals surface area contributed by atoms with Crippen LogP contribution in [0.2, 0.25) is 0 Å². The maximum absolute atomic E-state index is 12.6. The topological polar surface area (TPSA) is 71.3 Å². The van der Waals surface area contributed by atoms with E-state index in [0.717, 1.165) is 36.6 Å². The van der Waals surface area contributed by atoms with E-state index in [1.54, 1.807) is 6.26 Å². The van der Waals surface area contributed by atoms with E-state index in [4.69, 9.17) is 4.42 Å². The van der Waals surface area contributed by atoms with E-state index in [-0.39, 0.29) is 12.1 Å². The molecule has 118 valence electrons. The van der Waals surface area contributed by atoms with Crippen molar-refractivity contribution in [2.45, 2.75) is 39.2 Å². The molecule has 2 aromatic heterocycles. The van der Waals surface area contributed by atoms with Gasteiger partial charge >= 0.3 is 6.03 Å². The highest BCUT2D eigenvalue weighted by Gasteiger charge is 2.33. The summed E-state index contributed by atoms with van der Waals surface area (Å²) in [6.07, 6.45) is 4.39. The number of nitrogens with one attached hydrogen (secondary N) is 1. The number of carbonyl (C=O) groups excluding carboxylic acids is 1. The maximum Gasteiger partial charge on any atom is 0.324 e. The van der Waals surface area contributed by atoms with Crippen molar-refractivity contribution in [3.63, 3.8) is 0 Å². The fourth-order valence-corrected chi connectivity index (χ4v) is 3.41. The molecule has 2 amide bonds. The Bertz CT molecular complexity index is 625. The first-order chi connectivity index (χ1) is 10.7. The third kappa shape index (κ3) is 3.14. The van der Waals surface area contributed by atoms with Gasteiger partial charge in [0.1, 0.15) is 10.8 Å². The van der Waals surface area contributed by atoms with Gasteiger partial charge in [0.25, 0.3) is 0 Å². The lowest BCUT2D eigenvalue weighted by Gasteiger charge is -2.37. The zero-order valence-electron chi connectivity index (χ0n) is 12.8. The van der Waals surface area contributed by atoms with Crippen LogP contribution in [0, 0.1) is 5.92 Å². The van der Waals surface area contributed by atoms with Gasteiger partial charge in [-0.05, 0) is 37.3 Å². The van der Waals surface area contributed by atoms with Crippen LogP contribution in [0.25, 0.3) is 0 Å². The molecular formula is C15H20N4O2S. The average Bonchev–Trinajstić information content (AvgIpc) is 3.18. The molecule has 0 saturated carbocycles. The summed E-state index contributed by atoms with van der Waals surface area (Å²) < 4.78 is 5.53. The van der Waals surface area contributed by atoms with E-state index in [1.807, 2.05) is 24.0 Å². The number of amides is 2. The van der Waals surface area contributed by atoms with E-state index >= 15 is 0 Å². The molecule has 1 aliphatic heterocycles. The molecule has 6 nitrogen and oxygen atoms in total. The van der Waals surface area contributed by atoms with Crippen LogP contribution in [-0.2, 0) is 6.42 Å². The van der Waals surface area contributed by atoms with Crippen molar-refractivity contribution >= 4 is 22.5 Å². The Morgan fingerprint density at radius 3 is 3.09 bits per heavy atom. The molecule has 0 aliphatic carbocycles. The third-order valence-corrected chi connectivity index (χ3v) is 4.96. The second kappa shape index (κ2) is 6.48. The van der Waals surface area contributed by atoms with Crippen molar-refractivity contribution in [2.24, 2.45) is 5.92 Å². The van der Waals surface area contributed by atoms with Crippen LogP contribution in [-0.4, -0.2) is 27.7 Å². The second-order valence-corrected chi connectivity index (χ2v) is 6.70. The standard InChI is InChI=1S/C15H20N4O2S/c1-3-13-17-18-14(22-13)16-15(20)19-7-6-10(2)9-11(19)12-5-4-8-21-12/h4-5,8,10-11H,3,6-7,9H2,1-2H3,(H,16,18,20)/t10-,11-/m0/s1. The van der Waals surface area contributed by atoms with Gasteiger partial charge in [0.2, 0.25) is 5.13 Å². The zero-order valence-corrected chi connectivity index (χ0v) is 13.6. The summed E-state index contributed by atoms with van der Waals surface area (Å²) in [5, 5.41) is 12.4. The van der Waals surface area contributed by atoms with Gasteiger partial charge in [0.05, 0.1) is 12.3 Å². The minimum atomic E-state index is -0.132. The van der Waals surface area contributed by atoms with Crippen LogP contribution in [0.1, 0.15) is 43.5 Å². The number of aromatic nitrogens is 2. The van der Waals surface area contributed by atoms with Gasteiger partial charge < -0.3 is 9.32 Å². The molecule has 2 aromatic rings. The summed E-state index contributed by atoms with van der Waals surface area (Å²) in [7, 11) is 0. The number of likely N-dealkylation sites (tertiary alicyclic amines) is 1. The van der Waals surface area contributed by atoms with Crippen LogP contribution in [0.5, 0.6) is 0 Å². The first-order valence-corrected chi connectivity index (χ1v) is 8.42. The summed E-state index contributed by atoms with van der Waals surface area (Å²) in [6, 6.07) is 3.65. The van der Waals surface area contributed by atoms with Crippen molar-refractivity contribution in [1.82, 2.24) is 15.1 Å². The fourth-order valence-electron chi connectivity index (χ4n) is 2.75. The van der Waals surface area contributed by atoms with Gasteiger partial charge in [0, 0.05) is 6.54 Å². The van der Waals surface area contributed by atoms with Gasteiger partial charge in [-0.25, -0.2) is 4.79 Å². The normalized spacial score (nSPS) is 21.8. The zero-order chi connectivity index (χ0) is 15.5. The van der Waals surface area contributed by atoms with Gasteiger partial charge in [0.15, 0.2) is 0 Å². The maximum atomic E-state index is 12.6. The Morgan fingerprint density at radius 2 is 2.41 bits per heavy atom. The smallest absolute Gasteiger partial charge is 0.324 e. The van der Waals surface area contributed by atoms with Crippen LogP contribution < -0.4 is 5.32 Å². The summed E-state index contributed by atoms with van der Waals surface area (Å²) in [6.45, 7) is 4.95. The van der Waals surface area contributed by atoms with Gasteiger partial charge in [-0.15, -0.1) is 10.2 Å². The Balaban J connectivity index is 1.74. The molecule has 1 fully saturated rings. The number of rotatable bonds is 3. The van der Waals surface area contributed by atoms with Crippen molar-refractivity contribution in [1.29, 1.82) is 0 Å². The van der Waals surface area contributed by atoms with Crippen molar-refractivity contribution in [3.05, 3.63) is 29.2 Å². The van der Waals surface area contributed by atoms with Crippen LogP contribution in [0.3, 0.4) is 0 Å². The number of hydrogen-bond donors (Lipinski definition) is 1. The van der Waals surface area contributed by atoms with Crippen LogP contribution in [0.4, 0.5) is 9.93 Å². The number of carbonyl (C=O) groups is 1. The Hall–Kier alpha value is -1.89. The molecule has 1 N–H and O–H groups in total. The SMILES string of the molecule is CCc1nnc(NC(=O)N2CC[C@H](C)C[C@H]2c2ccco2)s1. The molecule has 3 rings (SSSR count). The first-order valence-electron chi connectivity index (χ1n) is 7.60. The molecular weight excluding hydrogens is 300 g/mol. The Kier molecular flexibility index (Phi) is 4.42. The van der Waals surface area contributed by atoms with E-state index in [9.17, 15) is 4.79 Å². The average molecular weight is 320 g/mol. The largest absolute Gasteiger partial charge is 0.467 e. The summed E-state index contributed by atoms with van der Waals surface area (Å²) in [4.78, 5) is 14.4. The van der Waals surface area contributed by atoms with Gasteiger partial charge in [-0.2, -0.15) is 0 Å². The highest BCUT2D eigenvalue weighted by molar-refractivity contribution is 7.15. The monoisotopic (exact) mass is 320 g/mol. The lowest BCUT2D eigenvalue weighted by Crippen LogP contribution is -2.42. The molecule has 1 saturated heterocycles. The highest BCUT2D eigenvalue weighted by atomic mass is 32.1. The lowest BCUT2D eigenvalue weighted by molar-refractivity contribution is 0.129. The molecule has 2 atom stereocenters. The Morgan fingerprint density at radius 1 is 1.55 bits per heavy atom. The third-order valence-electron chi connectivity index (χ3n) is 3.98. The molecule has 0 radical (unpaired) electrons. The molecule has 7 heteroatoms. The number of nitrogens with zero attached hydrogens (tertiary/aromatic N) is 3. The number of anilines is 1. The van der Waals surface area contributed by atoms with Gasteiger partial charge in [-0.1, -0.05) is 25.2 Å². The summed E-state index contributed by atoms with van der Waals surface area (Å²) in [5.74, 6) is 1.42. The van der Waals surface area contributed by atoms with Crippen molar-refractivity contribution < 1.29 is 9.21 Å². The van der Waals surface area contributed by atoms with E-state index in [2.05, 4.69) is 22.4 Å². The number of piperidine rings is 1. The second-order valence-electron chi connectivity index (χ2n) is 5.64. The van der Waals surface area contributed by atoms with Crippen molar-refractivity contribution in [3.8, 4) is 0 Å². The molecule has 0 aromatic carbocycles. The number of aryl methyl sites for hydroxylation is 1. The van der Waals surface area contributed by atoms with E-state index in [1.165, 1.54) is 11.3 Å². The minimum absolute atomic E-state index is 0.0164. The first kappa shape index (κ1) is 15.0. The number of furan rings is 1. The molecule has 0 bridgehead atoms. The molecule has 0 spiro atoms. The highest BCUT2D eigenvalue weighted by Crippen LogP contribution is 2.34. The molecule has 22 heavy (non-hydrogen) atoms.